The summed E-state index contributed by atoms with van der Waals surface area (Å²) in [7, 11) is 0. The number of hydrogen-bond acceptors (Lipinski definition) is 3. The van der Waals surface area contributed by atoms with Gasteiger partial charge in [-0.15, -0.1) is 0 Å². The van der Waals surface area contributed by atoms with E-state index in [0.717, 1.165) is 41.2 Å². The van der Waals surface area contributed by atoms with E-state index in [-0.39, 0.29) is 5.75 Å². The maximum Gasteiger partial charge on any atom is 0.119 e. The minimum absolute atomic E-state index is 0.269. The second-order valence-corrected chi connectivity index (χ2v) is 6.41. The van der Waals surface area contributed by atoms with Crippen LogP contribution in [0.15, 0.2) is 66.9 Å². The zero-order valence-electron chi connectivity index (χ0n) is 15.2. The highest BCUT2D eigenvalue weighted by Crippen LogP contribution is 2.25. The lowest BCUT2D eigenvalue weighted by atomic mass is 10.1. The van der Waals surface area contributed by atoms with Crippen LogP contribution in [0.2, 0.25) is 0 Å². The van der Waals surface area contributed by atoms with E-state index >= 15 is 0 Å². The highest BCUT2D eigenvalue weighted by Gasteiger charge is 2.03. The molecular weight excluding hydrogens is 322 g/mol. The van der Waals surface area contributed by atoms with E-state index < -0.39 is 0 Å². The molecule has 0 amide bonds. The van der Waals surface area contributed by atoms with E-state index in [0.29, 0.717) is 0 Å². The lowest BCUT2D eigenvalue weighted by Crippen LogP contribution is -1.97. The summed E-state index contributed by atoms with van der Waals surface area (Å²) >= 11 is 0. The molecule has 26 heavy (non-hydrogen) atoms. The minimum atomic E-state index is 0.269. The van der Waals surface area contributed by atoms with Crippen LogP contribution in [0.1, 0.15) is 32.6 Å². The van der Waals surface area contributed by atoms with Gasteiger partial charge in [0.2, 0.25) is 0 Å². The molecule has 3 nitrogen and oxygen atoms in total. The standard InChI is InChI=1S/C23H25NO2/c1-2-3-4-5-16-26-22-13-8-19(9-14-22)23-15-10-20(17-24-23)18-6-11-21(25)12-7-18/h6-15,17,25H,2-5,16H2,1H3. The van der Waals surface area contributed by atoms with Gasteiger partial charge in [0.15, 0.2) is 0 Å². The van der Waals surface area contributed by atoms with Crippen molar-refractivity contribution in [3.05, 3.63) is 66.9 Å². The molecule has 0 saturated heterocycles. The molecule has 0 radical (unpaired) electrons. The van der Waals surface area contributed by atoms with Gasteiger partial charge in [-0.2, -0.15) is 0 Å². The Morgan fingerprint density at radius 3 is 2.12 bits per heavy atom. The van der Waals surface area contributed by atoms with Crippen LogP contribution in [0, 0.1) is 0 Å². The molecule has 0 unspecified atom stereocenters. The monoisotopic (exact) mass is 347 g/mol. The predicted octanol–water partition coefficient (Wildman–Crippen LogP) is 6.08. The minimum Gasteiger partial charge on any atom is -0.508 e. The van der Waals surface area contributed by atoms with Gasteiger partial charge in [0, 0.05) is 17.3 Å². The first-order chi connectivity index (χ1) is 12.8. The Hall–Kier alpha value is -2.81. The molecule has 3 heteroatoms. The molecule has 1 heterocycles. The summed E-state index contributed by atoms with van der Waals surface area (Å²) in [6, 6.07) is 19.3. The summed E-state index contributed by atoms with van der Waals surface area (Å²) in [4.78, 5) is 4.57. The van der Waals surface area contributed by atoms with Crippen LogP contribution in [-0.4, -0.2) is 16.7 Å². The van der Waals surface area contributed by atoms with E-state index in [4.69, 9.17) is 4.74 Å². The fourth-order valence-electron chi connectivity index (χ4n) is 2.83. The van der Waals surface area contributed by atoms with E-state index in [1.165, 1.54) is 19.3 Å². The van der Waals surface area contributed by atoms with Crippen molar-refractivity contribution in [2.75, 3.05) is 6.61 Å². The average molecular weight is 347 g/mol. The van der Waals surface area contributed by atoms with Gasteiger partial charge in [0.25, 0.3) is 0 Å². The maximum absolute atomic E-state index is 9.38. The van der Waals surface area contributed by atoms with Crippen molar-refractivity contribution in [3.63, 3.8) is 0 Å². The number of benzene rings is 2. The van der Waals surface area contributed by atoms with Gasteiger partial charge in [-0.3, -0.25) is 4.98 Å². The number of hydrogen-bond donors (Lipinski definition) is 1. The highest BCUT2D eigenvalue weighted by atomic mass is 16.5. The molecule has 3 aromatic rings. The van der Waals surface area contributed by atoms with Crippen molar-refractivity contribution in [2.24, 2.45) is 0 Å². The van der Waals surface area contributed by atoms with Gasteiger partial charge in [0.05, 0.1) is 12.3 Å². The van der Waals surface area contributed by atoms with Crippen LogP contribution < -0.4 is 4.74 Å². The van der Waals surface area contributed by atoms with Crippen molar-refractivity contribution >= 4 is 0 Å². The fourth-order valence-corrected chi connectivity index (χ4v) is 2.83. The number of unbranched alkanes of at least 4 members (excludes halogenated alkanes) is 3. The zero-order chi connectivity index (χ0) is 18.2. The number of aromatic hydroxyl groups is 1. The second kappa shape index (κ2) is 9.04. The number of ether oxygens (including phenoxy) is 1. The van der Waals surface area contributed by atoms with Crippen LogP contribution in [0.3, 0.4) is 0 Å². The molecule has 134 valence electrons. The molecule has 1 N–H and O–H groups in total. The first-order valence-corrected chi connectivity index (χ1v) is 9.25. The van der Waals surface area contributed by atoms with Crippen LogP contribution in [0.4, 0.5) is 0 Å². The van der Waals surface area contributed by atoms with Gasteiger partial charge in [-0.1, -0.05) is 44.4 Å². The SMILES string of the molecule is CCCCCCOc1ccc(-c2ccc(-c3ccc(O)cc3)cn2)cc1. The molecule has 0 aliphatic carbocycles. The van der Waals surface area contributed by atoms with E-state index in [2.05, 4.69) is 11.9 Å². The van der Waals surface area contributed by atoms with Crippen LogP contribution in [-0.2, 0) is 0 Å². The number of aromatic nitrogens is 1. The predicted molar refractivity (Wildman–Crippen MR) is 106 cm³/mol. The molecule has 0 aliphatic heterocycles. The molecule has 3 rings (SSSR count). The molecule has 0 saturated carbocycles. The molecule has 0 bridgehead atoms. The maximum atomic E-state index is 9.38. The normalized spacial score (nSPS) is 10.7. The summed E-state index contributed by atoms with van der Waals surface area (Å²) in [5.74, 6) is 1.18. The van der Waals surface area contributed by atoms with Crippen molar-refractivity contribution in [1.29, 1.82) is 0 Å². The van der Waals surface area contributed by atoms with Crippen molar-refractivity contribution in [3.8, 4) is 33.9 Å². The summed E-state index contributed by atoms with van der Waals surface area (Å²) in [5, 5.41) is 9.38. The second-order valence-electron chi connectivity index (χ2n) is 6.41. The molecule has 0 spiro atoms. The first kappa shape index (κ1) is 18.0. The van der Waals surface area contributed by atoms with Crippen molar-refractivity contribution < 1.29 is 9.84 Å². The third-order valence-corrected chi connectivity index (χ3v) is 4.38. The first-order valence-electron chi connectivity index (χ1n) is 9.25. The van der Waals surface area contributed by atoms with E-state index in [1.807, 2.05) is 54.7 Å². The Labute approximate surface area is 155 Å². The lowest BCUT2D eigenvalue weighted by molar-refractivity contribution is 0.305. The lowest BCUT2D eigenvalue weighted by Gasteiger charge is -2.08. The molecule has 0 atom stereocenters. The molecule has 0 aliphatic rings. The van der Waals surface area contributed by atoms with Gasteiger partial charge in [0.1, 0.15) is 11.5 Å². The molecule has 2 aromatic carbocycles. The number of nitrogens with zero attached hydrogens (tertiary/aromatic N) is 1. The van der Waals surface area contributed by atoms with Gasteiger partial charge < -0.3 is 9.84 Å². The number of phenolic OH excluding ortho intramolecular Hbond substituents is 1. The Kier molecular flexibility index (Phi) is 6.26. The van der Waals surface area contributed by atoms with E-state index in [1.54, 1.807) is 12.1 Å². The van der Waals surface area contributed by atoms with Crippen LogP contribution in [0.5, 0.6) is 11.5 Å². The molecular formula is C23H25NO2. The summed E-state index contributed by atoms with van der Waals surface area (Å²) in [5.41, 5.74) is 4.07. The molecule has 1 aromatic heterocycles. The topological polar surface area (TPSA) is 42.4 Å². The smallest absolute Gasteiger partial charge is 0.119 e. The summed E-state index contributed by atoms with van der Waals surface area (Å²) < 4.78 is 5.79. The zero-order valence-corrected chi connectivity index (χ0v) is 15.2. The van der Waals surface area contributed by atoms with Gasteiger partial charge in [-0.05, 0) is 54.4 Å². The van der Waals surface area contributed by atoms with Crippen molar-refractivity contribution in [2.45, 2.75) is 32.6 Å². The fraction of sp³-hybridized carbons (Fsp3) is 0.261. The number of rotatable bonds is 8. The Morgan fingerprint density at radius 1 is 0.769 bits per heavy atom. The number of pyridine rings is 1. The van der Waals surface area contributed by atoms with Crippen LogP contribution in [0.25, 0.3) is 22.4 Å². The summed E-state index contributed by atoms with van der Waals surface area (Å²) in [6.45, 7) is 2.99. The summed E-state index contributed by atoms with van der Waals surface area (Å²) in [6.07, 6.45) is 6.71. The largest absolute Gasteiger partial charge is 0.508 e. The third kappa shape index (κ3) is 4.85. The quantitative estimate of drug-likeness (QED) is 0.502. The third-order valence-electron chi connectivity index (χ3n) is 4.38. The highest BCUT2D eigenvalue weighted by molar-refractivity contribution is 5.67. The van der Waals surface area contributed by atoms with Crippen molar-refractivity contribution in [1.82, 2.24) is 4.98 Å². The number of phenols is 1. The van der Waals surface area contributed by atoms with E-state index in [9.17, 15) is 5.11 Å². The molecule has 0 fully saturated rings. The van der Waals surface area contributed by atoms with Gasteiger partial charge >= 0.3 is 0 Å². The Bertz CT molecular complexity index is 793. The Morgan fingerprint density at radius 2 is 1.46 bits per heavy atom. The Balaban J connectivity index is 1.61. The van der Waals surface area contributed by atoms with Crippen LogP contribution >= 0.6 is 0 Å². The van der Waals surface area contributed by atoms with Gasteiger partial charge in [-0.25, -0.2) is 0 Å². The average Bonchev–Trinajstić information content (AvgIpc) is 2.69.